The van der Waals surface area contributed by atoms with Crippen molar-refractivity contribution < 1.29 is 14.0 Å². The Morgan fingerprint density at radius 3 is 2.00 bits per heavy atom. The van der Waals surface area contributed by atoms with Gasteiger partial charge in [0.15, 0.2) is 5.76 Å². The number of fused-ring (bicyclic) bond motifs is 1. The van der Waals surface area contributed by atoms with Crippen molar-refractivity contribution in [3.05, 3.63) is 131 Å². The molecule has 1 aliphatic rings. The lowest BCUT2D eigenvalue weighted by molar-refractivity contribution is -0.137. The molecule has 170 valence electrons. The number of carbonyl (C=O) groups excluding carboxylic acids is 2. The van der Waals surface area contributed by atoms with Crippen LogP contribution in [0.4, 0.5) is 0 Å². The van der Waals surface area contributed by atoms with Crippen molar-refractivity contribution in [3.8, 4) is 0 Å². The zero-order valence-electron chi connectivity index (χ0n) is 19.0. The van der Waals surface area contributed by atoms with Crippen LogP contribution in [0.5, 0.6) is 0 Å². The first-order valence-corrected chi connectivity index (χ1v) is 11.4. The molecule has 1 aromatic heterocycles. The maximum atomic E-state index is 14.1. The molecule has 0 spiro atoms. The number of hydrogen-bond donors (Lipinski definition) is 0. The van der Waals surface area contributed by atoms with Gasteiger partial charge in [0, 0.05) is 20.0 Å². The molecule has 34 heavy (non-hydrogen) atoms. The molecule has 1 atom stereocenters. The summed E-state index contributed by atoms with van der Waals surface area (Å²) in [5, 5.41) is 0. The Morgan fingerprint density at radius 1 is 0.824 bits per heavy atom. The molecule has 1 aliphatic heterocycles. The minimum absolute atomic E-state index is 0.105. The van der Waals surface area contributed by atoms with Crippen LogP contribution < -0.4 is 0 Å². The lowest BCUT2D eigenvalue weighted by Gasteiger charge is -2.39. The van der Waals surface area contributed by atoms with Crippen LogP contribution in [0.1, 0.15) is 38.9 Å². The molecule has 5 rings (SSSR count). The van der Waals surface area contributed by atoms with Gasteiger partial charge in [-0.1, -0.05) is 84.9 Å². The minimum atomic E-state index is -0.632. The molecule has 4 aromatic rings. The fourth-order valence-electron chi connectivity index (χ4n) is 4.77. The summed E-state index contributed by atoms with van der Waals surface area (Å²) < 4.78 is 5.40. The second-order valence-corrected chi connectivity index (χ2v) is 8.57. The number of carbonyl (C=O) groups is 2. The van der Waals surface area contributed by atoms with Gasteiger partial charge in [0.1, 0.15) is 6.04 Å². The second-order valence-electron chi connectivity index (χ2n) is 8.57. The monoisotopic (exact) mass is 450 g/mol. The van der Waals surface area contributed by atoms with Crippen molar-refractivity contribution in [2.45, 2.75) is 25.0 Å². The summed E-state index contributed by atoms with van der Waals surface area (Å²) in [5.41, 5.74) is 4.18. The first kappa shape index (κ1) is 21.7. The van der Waals surface area contributed by atoms with E-state index >= 15 is 0 Å². The molecule has 5 nitrogen and oxygen atoms in total. The summed E-state index contributed by atoms with van der Waals surface area (Å²) in [6, 6.07) is 30.4. The second kappa shape index (κ2) is 9.40. The van der Waals surface area contributed by atoms with Gasteiger partial charge in [0.05, 0.1) is 12.3 Å². The van der Waals surface area contributed by atoms with E-state index in [1.54, 1.807) is 21.9 Å². The average Bonchev–Trinajstić information content (AvgIpc) is 3.43. The molecule has 0 unspecified atom stereocenters. The van der Waals surface area contributed by atoms with E-state index in [1.165, 1.54) is 6.26 Å². The zero-order valence-corrected chi connectivity index (χ0v) is 19.0. The Kier molecular flexibility index (Phi) is 6.00. The van der Waals surface area contributed by atoms with Crippen LogP contribution in [0, 0.1) is 0 Å². The molecule has 0 fully saturated rings. The first-order chi connectivity index (χ1) is 16.6. The highest BCUT2D eigenvalue weighted by atomic mass is 16.3. The summed E-state index contributed by atoms with van der Waals surface area (Å²) in [5.74, 6) is -0.142. The molecule has 2 amide bonds. The normalized spacial score (nSPS) is 15.1. The summed E-state index contributed by atoms with van der Waals surface area (Å²) in [4.78, 5) is 30.9. The predicted octanol–water partition coefficient (Wildman–Crippen LogP) is 5.09. The van der Waals surface area contributed by atoms with Crippen molar-refractivity contribution in [1.82, 2.24) is 9.80 Å². The van der Waals surface area contributed by atoms with Gasteiger partial charge in [0.2, 0.25) is 5.91 Å². The van der Waals surface area contributed by atoms with Gasteiger partial charge in [-0.2, -0.15) is 0 Å². The Balaban J connectivity index is 1.53. The quantitative estimate of drug-likeness (QED) is 0.425. The highest BCUT2D eigenvalue weighted by Gasteiger charge is 2.39. The molecule has 3 aromatic carbocycles. The SMILES string of the molecule is CN(C(=O)[C@@H]1Cc2ccccc2CN1C(=O)c1ccco1)C(c1ccccc1)c1ccccc1. The van der Waals surface area contributed by atoms with Crippen LogP contribution in [-0.2, 0) is 17.8 Å². The maximum absolute atomic E-state index is 14.1. The largest absolute Gasteiger partial charge is 0.459 e. The van der Waals surface area contributed by atoms with Crippen LogP contribution in [0.15, 0.2) is 108 Å². The van der Waals surface area contributed by atoms with Crippen LogP contribution in [0.25, 0.3) is 0 Å². The van der Waals surface area contributed by atoms with E-state index in [-0.39, 0.29) is 23.6 Å². The van der Waals surface area contributed by atoms with Gasteiger partial charge in [-0.15, -0.1) is 0 Å². The van der Waals surface area contributed by atoms with Crippen molar-refractivity contribution >= 4 is 11.8 Å². The van der Waals surface area contributed by atoms with E-state index in [0.29, 0.717) is 13.0 Å². The maximum Gasteiger partial charge on any atom is 0.290 e. The Labute approximate surface area is 199 Å². The molecule has 0 bridgehead atoms. The van der Waals surface area contributed by atoms with Gasteiger partial charge in [-0.25, -0.2) is 0 Å². The zero-order chi connectivity index (χ0) is 23.5. The smallest absolute Gasteiger partial charge is 0.290 e. The molecule has 0 aliphatic carbocycles. The molecular weight excluding hydrogens is 424 g/mol. The molecule has 0 N–H and O–H groups in total. The van der Waals surface area contributed by atoms with Crippen LogP contribution in [0.3, 0.4) is 0 Å². The van der Waals surface area contributed by atoms with E-state index in [2.05, 4.69) is 0 Å². The van der Waals surface area contributed by atoms with Gasteiger partial charge in [-0.3, -0.25) is 9.59 Å². The van der Waals surface area contributed by atoms with Gasteiger partial charge in [-0.05, 0) is 34.4 Å². The number of amides is 2. The van der Waals surface area contributed by atoms with Gasteiger partial charge in [0.25, 0.3) is 5.91 Å². The Morgan fingerprint density at radius 2 is 1.41 bits per heavy atom. The summed E-state index contributed by atoms with van der Waals surface area (Å²) >= 11 is 0. The van der Waals surface area contributed by atoms with E-state index in [9.17, 15) is 9.59 Å². The Hall–Kier alpha value is -4.12. The summed E-state index contributed by atoms with van der Waals surface area (Å²) in [7, 11) is 1.82. The number of rotatable bonds is 5. The number of likely N-dealkylation sites (N-methyl/N-ethyl adjacent to an activating group) is 1. The molecule has 0 saturated carbocycles. The van der Waals surface area contributed by atoms with E-state index in [4.69, 9.17) is 4.42 Å². The average molecular weight is 451 g/mol. The topological polar surface area (TPSA) is 53.8 Å². The van der Waals surface area contributed by atoms with Crippen molar-refractivity contribution in [1.29, 1.82) is 0 Å². The Bertz CT molecular complexity index is 1230. The number of nitrogens with zero attached hydrogens (tertiary/aromatic N) is 2. The van der Waals surface area contributed by atoms with Crippen LogP contribution >= 0.6 is 0 Å². The standard InChI is InChI=1S/C29H26N2O3/c1-30(27(21-11-4-2-5-12-21)22-13-6-3-7-14-22)28(32)25-19-23-15-8-9-16-24(23)20-31(25)29(33)26-17-10-18-34-26/h2-18,25,27H,19-20H2,1H3/t25-/m0/s1. The van der Waals surface area contributed by atoms with Gasteiger partial charge < -0.3 is 14.2 Å². The van der Waals surface area contributed by atoms with Crippen molar-refractivity contribution in [2.75, 3.05) is 7.05 Å². The highest BCUT2D eigenvalue weighted by molar-refractivity contribution is 5.96. The number of benzene rings is 3. The fourth-order valence-corrected chi connectivity index (χ4v) is 4.77. The van der Waals surface area contributed by atoms with E-state index < -0.39 is 6.04 Å². The van der Waals surface area contributed by atoms with E-state index in [0.717, 1.165) is 22.3 Å². The summed E-state index contributed by atoms with van der Waals surface area (Å²) in [6.45, 7) is 0.362. The first-order valence-electron chi connectivity index (χ1n) is 11.4. The van der Waals surface area contributed by atoms with Gasteiger partial charge >= 0.3 is 0 Å². The lowest BCUT2D eigenvalue weighted by Crippen LogP contribution is -2.53. The molecule has 0 saturated heterocycles. The van der Waals surface area contributed by atoms with Crippen LogP contribution in [0.2, 0.25) is 0 Å². The highest BCUT2D eigenvalue weighted by Crippen LogP contribution is 2.31. The molecule has 2 heterocycles. The van der Waals surface area contributed by atoms with Crippen LogP contribution in [-0.4, -0.2) is 34.7 Å². The number of furan rings is 1. The lowest BCUT2D eigenvalue weighted by atomic mass is 9.91. The molecule has 0 radical (unpaired) electrons. The predicted molar refractivity (Wildman–Crippen MR) is 130 cm³/mol. The molecule has 5 heteroatoms. The third-order valence-corrected chi connectivity index (χ3v) is 6.49. The third-order valence-electron chi connectivity index (χ3n) is 6.49. The minimum Gasteiger partial charge on any atom is -0.459 e. The number of hydrogen-bond acceptors (Lipinski definition) is 3. The third kappa shape index (κ3) is 4.13. The van der Waals surface area contributed by atoms with Crippen molar-refractivity contribution in [2.24, 2.45) is 0 Å². The fraction of sp³-hybridized carbons (Fsp3) is 0.172. The summed E-state index contributed by atoms with van der Waals surface area (Å²) in [6.07, 6.45) is 1.94. The van der Waals surface area contributed by atoms with E-state index in [1.807, 2.05) is 92.0 Å². The van der Waals surface area contributed by atoms with Crippen molar-refractivity contribution in [3.63, 3.8) is 0 Å². The molecular formula is C29H26N2O3.